The van der Waals surface area contributed by atoms with Gasteiger partial charge in [-0.05, 0) is 49.4 Å². The van der Waals surface area contributed by atoms with Crippen molar-refractivity contribution in [2.45, 2.75) is 45.6 Å². The van der Waals surface area contributed by atoms with E-state index in [9.17, 15) is 4.79 Å². The van der Waals surface area contributed by atoms with Crippen LogP contribution < -0.4 is 5.32 Å². The van der Waals surface area contributed by atoms with Crippen molar-refractivity contribution in [1.82, 2.24) is 5.32 Å². The third-order valence-electron chi connectivity index (χ3n) is 4.32. The summed E-state index contributed by atoms with van der Waals surface area (Å²) < 4.78 is 0. The van der Waals surface area contributed by atoms with Crippen molar-refractivity contribution in [2.75, 3.05) is 7.05 Å². The zero-order valence-corrected chi connectivity index (χ0v) is 12.8. The molecule has 0 saturated carbocycles. The van der Waals surface area contributed by atoms with Crippen molar-refractivity contribution < 1.29 is 4.79 Å². The lowest BCUT2D eigenvalue weighted by Gasteiger charge is -2.20. The molecule has 1 aliphatic carbocycles. The van der Waals surface area contributed by atoms with Crippen molar-refractivity contribution in [3.63, 3.8) is 0 Å². The minimum absolute atomic E-state index is 0.0735. The van der Waals surface area contributed by atoms with E-state index >= 15 is 0 Å². The van der Waals surface area contributed by atoms with E-state index in [1.54, 1.807) is 0 Å². The number of fused-ring (bicyclic) bond motifs is 1. The van der Waals surface area contributed by atoms with E-state index in [0.29, 0.717) is 5.78 Å². The fraction of sp³-hybridized carbons (Fsp3) is 0.500. The summed E-state index contributed by atoms with van der Waals surface area (Å²) in [6.45, 7) is 4.08. The zero-order valence-electron chi connectivity index (χ0n) is 12.8. The molecule has 1 N–H and O–H groups in total. The molecule has 1 aromatic rings. The highest BCUT2D eigenvalue weighted by Gasteiger charge is 2.21. The Kier molecular flexibility index (Phi) is 5.13. The Morgan fingerprint density at radius 1 is 1.40 bits per heavy atom. The van der Waals surface area contributed by atoms with Gasteiger partial charge in [-0.15, -0.1) is 0 Å². The molecule has 1 aromatic carbocycles. The van der Waals surface area contributed by atoms with Crippen molar-refractivity contribution in [3.8, 4) is 0 Å². The summed E-state index contributed by atoms with van der Waals surface area (Å²) in [6, 6.07) is 6.55. The predicted molar refractivity (Wildman–Crippen MR) is 84.8 cm³/mol. The molecule has 20 heavy (non-hydrogen) atoms. The first kappa shape index (κ1) is 15.0. The normalized spacial score (nSPS) is 16.6. The summed E-state index contributed by atoms with van der Waals surface area (Å²) in [4.78, 5) is 12.3. The van der Waals surface area contributed by atoms with Crippen LogP contribution >= 0.6 is 0 Å². The minimum atomic E-state index is -0.0735. The average Bonchev–Trinajstić information content (AvgIpc) is 2.50. The lowest BCUT2D eigenvalue weighted by molar-refractivity contribution is -0.124. The molecule has 0 bridgehead atoms. The summed E-state index contributed by atoms with van der Waals surface area (Å²) in [7, 11) is 1.88. The van der Waals surface area contributed by atoms with E-state index in [1.807, 2.05) is 14.0 Å². The van der Waals surface area contributed by atoms with Crippen molar-refractivity contribution in [1.29, 1.82) is 0 Å². The molecule has 1 unspecified atom stereocenters. The summed E-state index contributed by atoms with van der Waals surface area (Å²) in [5.74, 6) is 0.452. The highest BCUT2D eigenvalue weighted by atomic mass is 16.1. The minimum Gasteiger partial charge on any atom is -0.310 e. The number of nitrogens with one attached hydrogen (secondary N) is 1. The Labute approximate surface area is 122 Å². The van der Waals surface area contributed by atoms with E-state index < -0.39 is 0 Å². The van der Waals surface area contributed by atoms with Gasteiger partial charge in [-0.3, -0.25) is 4.79 Å². The zero-order chi connectivity index (χ0) is 14.5. The smallest absolute Gasteiger partial charge is 0.152 e. The van der Waals surface area contributed by atoms with Gasteiger partial charge in [0, 0.05) is 5.92 Å². The third kappa shape index (κ3) is 3.37. The lowest BCUT2D eigenvalue weighted by Crippen LogP contribution is -2.39. The van der Waals surface area contributed by atoms with Crippen LogP contribution in [-0.4, -0.2) is 18.9 Å². The quantitative estimate of drug-likeness (QED) is 0.859. The second-order valence-electron chi connectivity index (χ2n) is 5.73. The molecule has 2 rings (SSSR count). The van der Waals surface area contributed by atoms with Crippen LogP contribution in [0, 0.1) is 5.92 Å². The molecule has 0 aromatic heterocycles. The molecule has 2 nitrogen and oxygen atoms in total. The molecule has 0 aliphatic heterocycles. The number of allylic oxidation sites excluding steroid dienone is 1. The van der Waals surface area contributed by atoms with Crippen molar-refractivity contribution >= 4 is 11.9 Å². The Morgan fingerprint density at radius 3 is 2.90 bits per heavy atom. The van der Waals surface area contributed by atoms with Gasteiger partial charge < -0.3 is 5.32 Å². The predicted octanol–water partition coefficient (Wildman–Crippen LogP) is 3.39. The number of hydrogen-bond donors (Lipinski definition) is 1. The van der Waals surface area contributed by atoms with Gasteiger partial charge in [0.15, 0.2) is 5.78 Å². The van der Waals surface area contributed by atoms with E-state index in [-0.39, 0.29) is 12.0 Å². The van der Waals surface area contributed by atoms with Gasteiger partial charge in [0.05, 0.1) is 6.04 Å². The standard InChI is InChI=1S/C18H25NO/c1-4-13(2)18(20)17(19-3)12-14-9-10-15-7-5-6-8-16(15)11-14/h6,8-11,13,17,19H,4-5,7,12H2,1-3H3/t13?,17-/m0/s1. The van der Waals surface area contributed by atoms with Gasteiger partial charge in [-0.1, -0.05) is 44.2 Å². The summed E-state index contributed by atoms with van der Waals surface area (Å²) in [6.07, 6.45) is 8.38. The number of Topliss-reactive ketones (excluding diaryl/α,β-unsaturated/α-hetero) is 1. The SMILES string of the molecule is CCC(C)C(=O)[C@H](Cc1ccc2c(c1)C=CCC2)NC. The van der Waals surface area contributed by atoms with Crippen LogP contribution in [0.2, 0.25) is 0 Å². The molecule has 0 fully saturated rings. The first-order chi connectivity index (χ1) is 9.65. The number of aryl methyl sites for hydroxylation is 1. The Morgan fingerprint density at radius 2 is 2.20 bits per heavy atom. The number of carbonyl (C=O) groups excluding carboxylic acids is 1. The van der Waals surface area contributed by atoms with E-state index in [4.69, 9.17) is 0 Å². The summed E-state index contributed by atoms with van der Waals surface area (Å²) in [5, 5.41) is 3.18. The van der Waals surface area contributed by atoms with Gasteiger partial charge in [-0.25, -0.2) is 0 Å². The molecule has 2 heteroatoms. The van der Waals surface area contributed by atoms with E-state index in [0.717, 1.165) is 25.7 Å². The second-order valence-corrected chi connectivity index (χ2v) is 5.73. The highest BCUT2D eigenvalue weighted by Crippen LogP contribution is 2.21. The number of rotatable bonds is 6. The van der Waals surface area contributed by atoms with E-state index in [1.165, 1.54) is 16.7 Å². The van der Waals surface area contributed by atoms with Crippen LogP contribution in [0.4, 0.5) is 0 Å². The topological polar surface area (TPSA) is 29.1 Å². The largest absolute Gasteiger partial charge is 0.310 e. The van der Waals surface area contributed by atoms with Gasteiger partial charge >= 0.3 is 0 Å². The van der Waals surface area contributed by atoms with Crippen molar-refractivity contribution in [2.24, 2.45) is 5.92 Å². The maximum Gasteiger partial charge on any atom is 0.152 e. The number of benzene rings is 1. The molecule has 2 atom stereocenters. The second kappa shape index (κ2) is 6.85. The molecular weight excluding hydrogens is 246 g/mol. The fourth-order valence-corrected chi connectivity index (χ4v) is 2.73. The van der Waals surface area contributed by atoms with Gasteiger partial charge in [0.1, 0.15) is 0 Å². The molecule has 0 amide bonds. The maximum atomic E-state index is 12.3. The van der Waals surface area contributed by atoms with Crippen LogP contribution in [0.15, 0.2) is 24.3 Å². The van der Waals surface area contributed by atoms with Gasteiger partial charge in [-0.2, -0.15) is 0 Å². The first-order valence-corrected chi connectivity index (χ1v) is 7.65. The van der Waals surface area contributed by atoms with Crippen LogP contribution in [-0.2, 0) is 17.6 Å². The lowest BCUT2D eigenvalue weighted by atomic mass is 9.90. The molecule has 0 saturated heterocycles. The molecule has 1 aliphatic rings. The Hall–Kier alpha value is -1.41. The summed E-state index contributed by atoms with van der Waals surface area (Å²) in [5.41, 5.74) is 3.98. The third-order valence-corrected chi connectivity index (χ3v) is 4.32. The molecule has 108 valence electrons. The van der Waals surface area contributed by atoms with Crippen LogP contribution in [0.3, 0.4) is 0 Å². The Bertz CT molecular complexity index is 504. The molecular formula is C18H25NO. The maximum absolute atomic E-state index is 12.3. The first-order valence-electron chi connectivity index (χ1n) is 7.65. The molecule has 0 spiro atoms. The van der Waals surface area contributed by atoms with Crippen LogP contribution in [0.5, 0.6) is 0 Å². The molecule has 0 radical (unpaired) electrons. The number of hydrogen-bond acceptors (Lipinski definition) is 2. The number of ketones is 1. The van der Waals surface area contributed by atoms with E-state index in [2.05, 4.69) is 42.6 Å². The fourth-order valence-electron chi connectivity index (χ4n) is 2.73. The molecule has 0 heterocycles. The average molecular weight is 271 g/mol. The van der Waals surface area contributed by atoms with Gasteiger partial charge in [0.2, 0.25) is 0 Å². The van der Waals surface area contributed by atoms with Crippen molar-refractivity contribution in [3.05, 3.63) is 41.0 Å². The number of carbonyl (C=O) groups is 1. The van der Waals surface area contributed by atoms with Crippen LogP contribution in [0.1, 0.15) is 43.4 Å². The summed E-state index contributed by atoms with van der Waals surface area (Å²) >= 11 is 0. The van der Waals surface area contributed by atoms with Gasteiger partial charge in [0.25, 0.3) is 0 Å². The Balaban J connectivity index is 2.12. The monoisotopic (exact) mass is 271 g/mol. The van der Waals surface area contributed by atoms with Crippen LogP contribution in [0.25, 0.3) is 6.08 Å². The number of likely N-dealkylation sites (N-methyl/N-ethyl adjacent to an activating group) is 1. The highest BCUT2D eigenvalue weighted by molar-refractivity contribution is 5.86.